The molecule has 0 atom stereocenters. The van der Waals surface area contributed by atoms with Crippen molar-refractivity contribution < 1.29 is 5.11 Å². The average molecular weight is 280 g/mol. The van der Waals surface area contributed by atoms with Gasteiger partial charge in [0.05, 0.1) is 0 Å². The SMILES string of the molecule is Cc1ccc2ccccc2c1CSc1ccc(O)cc1. The van der Waals surface area contributed by atoms with Crippen molar-refractivity contribution in [3.63, 3.8) is 0 Å². The number of aryl methyl sites for hydroxylation is 1. The van der Waals surface area contributed by atoms with E-state index in [2.05, 4.69) is 43.3 Å². The molecule has 0 bridgehead atoms. The molecule has 0 aliphatic rings. The third kappa shape index (κ3) is 2.66. The van der Waals surface area contributed by atoms with E-state index in [1.807, 2.05) is 12.1 Å². The summed E-state index contributed by atoms with van der Waals surface area (Å²) in [5.74, 6) is 1.26. The Balaban J connectivity index is 1.90. The molecule has 20 heavy (non-hydrogen) atoms. The van der Waals surface area contributed by atoms with Crippen LogP contribution in [-0.4, -0.2) is 5.11 Å². The molecular formula is C18H16OS. The van der Waals surface area contributed by atoms with Crippen LogP contribution in [-0.2, 0) is 5.75 Å². The van der Waals surface area contributed by atoms with Crippen molar-refractivity contribution in [2.24, 2.45) is 0 Å². The van der Waals surface area contributed by atoms with Crippen LogP contribution in [0.1, 0.15) is 11.1 Å². The fourth-order valence-electron chi connectivity index (χ4n) is 2.33. The van der Waals surface area contributed by atoms with Gasteiger partial charge in [0.25, 0.3) is 0 Å². The van der Waals surface area contributed by atoms with E-state index < -0.39 is 0 Å². The molecule has 0 saturated carbocycles. The molecule has 3 aromatic rings. The van der Waals surface area contributed by atoms with Crippen molar-refractivity contribution in [1.82, 2.24) is 0 Å². The molecule has 0 radical (unpaired) electrons. The second kappa shape index (κ2) is 5.59. The molecular weight excluding hydrogens is 264 g/mol. The predicted octanol–water partition coefficient (Wildman–Crippen LogP) is 5.15. The Morgan fingerprint density at radius 1 is 0.900 bits per heavy atom. The molecule has 100 valence electrons. The lowest BCUT2D eigenvalue weighted by molar-refractivity contribution is 0.475. The quantitative estimate of drug-likeness (QED) is 0.670. The summed E-state index contributed by atoms with van der Waals surface area (Å²) in [6.07, 6.45) is 0. The van der Waals surface area contributed by atoms with E-state index in [0.717, 1.165) is 5.75 Å². The van der Waals surface area contributed by atoms with Crippen molar-refractivity contribution in [2.45, 2.75) is 17.6 Å². The first kappa shape index (κ1) is 13.1. The topological polar surface area (TPSA) is 20.2 Å². The molecule has 0 spiro atoms. The number of hydrogen-bond acceptors (Lipinski definition) is 2. The highest BCUT2D eigenvalue weighted by Crippen LogP contribution is 2.30. The minimum Gasteiger partial charge on any atom is -0.508 e. The van der Waals surface area contributed by atoms with Crippen LogP contribution in [0.2, 0.25) is 0 Å². The van der Waals surface area contributed by atoms with Crippen molar-refractivity contribution in [1.29, 1.82) is 0 Å². The van der Waals surface area contributed by atoms with E-state index in [0.29, 0.717) is 5.75 Å². The van der Waals surface area contributed by atoms with Crippen LogP contribution in [0.5, 0.6) is 5.75 Å². The average Bonchev–Trinajstić information content (AvgIpc) is 2.48. The Kier molecular flexibility index (Phi) is 3.66. The molecule has 1 nitrogen and oxygen atoms in total. The Morgan fingerprint density at radius 2 is 1.65 bits per heavy atom. The number of benzene rings is 3. The van der Waals surface area contributed by atoms with Gasteiger partial charge in [0, 0.05) is 10.6 Å². The summed E-state index contributed by atoms with van der Waals surface area (Å²) in [4.78, 5) is 1.18. The molecule has 0 saturated heterocycles. The van der Waals surface area contributed by atoms with Crippen molar-refractivity contribution >= 4 is 22.5 Å². The number of phenolic OH excluding ortho intramolecular Hbond substituents is 1. The zero-order valence-electron chi connectivity index (χ0n) is 11.3. The number of aromatic hydroxyl groups is 1. The van der Waals surface area contributed by atoms with Crippen LogP contribution in [0, 0.1) is 6.92 Å². The van der Waals surface area contributed by atoms with Crippen LogP contribution in [0.3, 0.4) is 0 Å². The molecule has 3 aromatic carbocycles. The lowest BCUT2D eigenvalue weighted by Crippen LogP contribution is -1.89. The molecule has 0 aliphatic heterocycles. The summed E-state index contributed by atoms with van der Waals surface area (Å²) in [5, 5.41) is 11.9. The summed E-state index contributed by atoms with van der Waals surface area (Å²) in [5.41, 5.74) is 2.72. The number of rotatable bonds is 3. The van der Waals surface area contributed by atoms with Gasteiger partial charge in [-0.05, 0) is 53.1 Å². The summed E-state index contributed by atoms with van der Waals surface area (Å²) >= 11 is 1.80. The third-order valence-corrected chi connectivity index (χ3v) is 4.53. The summed E-state index contributed by atoms with van der Waals surface area (Å²) in [6, 6.07) is 20.3. The molecule has 0 heterocycles. The van der Waals surface area contributed by atoms with Gasteiger partial charge in [-0.25, -0.2) is 0 Å². The Morgan fingerprint density at radius 3 is 2.45 bits per heavy atom. The van der Waals surface area contributed by atoms with Gasteiger partial charge in [-0.15, -0.1) is 11.8 Å². The predicted molar refractivity (Wildman–Crippen MR) is 86.4 cm³/mol. The molecule has 0 aliphatic carbocycles. The van der Waals surface area contributed by atoms with E-state index in [-0.39, 0.29) is 0 Å². The van der Waals surface area contributed by atoms with Crippen LogP contribution in [0.4, 0.5) is 0 Å². The maximum atomic E-state index is 9.32. The monoisotopic (exact) mass is 280 g/mol. The molecule has 2 heteroatoms. The lowest BCUT2D eigenvalue weighted by atomic mass is 10.0. The third-order valence-electron chi connectivity index (χ3n) is 3.49. The fraction of sp³-hybridized carbons (Fsp3) is 0.111. The zero-order chi connectivity index (χ0) is 13.9. The zero-order valence-corrected chi connectivity index (χ0v) is 12.2. The smallest absolute Gasteiger partial charge is 0.115 e. The van der Waals surface area contributed by atoms with Crippen LogP contribution in [0.25, 0.3) is 10.8 Å². The van der Waals surface area contributed by atoms with Gasteiger partial charge in [0.2, 0.25) is 0 Å². The van der Waals surface area contributed by atoms with Crippen molar-refractivity contribution in [2.75, 3.05) is 0 Å². The summed E-state index contributed by atoms with van der Waals surface area (Å²) < 4.78 is 0. The Hall–Kier alpha value is -1.93. The number of phenols is 1. The first-order valence-corrected chi connectivity index (χ1v) is 7.61. The number of thioether (sulfide) groups is 1. The van der Waals surface area contributed by atoms with E-state index in [1.165, 1.54) is 26.8 Å². The minimum absolute atomic E-state index is 0.315. The van der Waals surface area contributed by atoms with Crippen molar-refractivity contribution in [3.8, 4) is 5.75 Å². The molecule has 0 unspecified atom stereocenters. The number of fused-ring (bicyclic) bond motifs is 1. The van der Waals surface area contributed by atoms with Crippen LogP contribution in [0.15, 0.2) is 65.6 Å². The highest BCUT2D eigenvalue weighted by Gasteiger charge is 2.05. The number of hydrogen-bond donors (Lipinski definition) is 1. The standard InChI is InChI=1S/C18H16OS/c1-13-6-7-14-4-2-3-5-17(14)18(13)12-20-16-10-8-15(19)9-11-16/h2-11,19H,12H2,1H3. The van der Waals surface area contributed by atoms with E-state index in [1.54, 1.807) is 23.9 Å². The first-order chi connectivity index (χ1) is 9.74. The van der Waals surface area contributed by atoms with Gasteiger partial charge in [-0.2, -0.15) is 0 Å². The Labute approximate surface area is 123 Å². The summed E-state index contributed by atoms with van der Waals surface area (Å²) in [6.45, 7) is 2.17. The maximum Gasteiger partial charge on any atom is 0.115 e. The van der Waals surface area contributed by atoms with Crippen LogP contribution < -0.4 is 0 Å². The van der Waals surface area contributed by atoms with Gasteiger partial charge in [-0.3, -0.25) is 0 Å². The fourth-order valence-corrected chi connectivity index (χ4v) is 3.36. The van der Waals surface area contributed by atoms with Gasteiger partial charge in [0.15, 0.2) is 0 Å². The molecule has 1 N–H and O–H groups in total. The van der Waals surface area contributed by atoms with Gasteiger partial charge >= 0.3 is 0 Å². The van der Waals surface area contributed by atoms with E-state index >= 15 is 0 Å². The molecule has 3 rings (SSSR count). The highest BCUT2D eigenvalue weighted by molar-refractivity contribution is 7.98. The lowest BCUT2D eigenvalue weighted by Gasteiger charge is -2.10. The van der Waals surface area contributed by atoms with Crippen LogP contribution >= 0.6 is 11.8 Å². The normalized spacial score (nSPS) is 10.8. The Bertz CT molecular complexity index is 732. The summed E-state index contributed by atoms with van der Waals surface area (Å²) in [7, 11) is 0. The minimum atomic E-state index is 0.315. The van der Waals surface area contributed by atoms with Crippen molar-refractivity contribution in [3.05, 3.63) is 71.8 Å². The maximum absolute atomic E-state index is 9.32. The van der Waals surface area contributed by atoms with Gasteiger partial charge in [0.1, 0.15) is 5.75 Å². The van der Waals surface area contributed by atoms with Gasteiger partial charge < -0.3 is 5.11 Å². The highest BCUT2D eigenvalue weighted by atomic mass is 32.2. The van der Waals surface area contributed by atoms with Gasteiger partial charge in [-0.1, -0.05) is 36.4 Å². The molecule has 0 aromatic heterocycles. The largest absolute Gasteiger partial charge is 0.508 e. The van der Waals surface area contributed by atoms with E-state index in [9.17, 15) is 5.11 Å². The second-order valence-electron chi connectivity index (χ2n) is 4.86. The molecule has 0 fully saturated rings. The van der Waals surface area contributed by atoms with E-state index in [4.69, 9.17) is 0 Å². The first-order valence-electron chi connectivity index (χ1n) is 6.63. The molecule has 0 amide bonds. The second-order valence-corrected chi connectivity index (χ2v) is 5.91.